The van der Waals surface area contributed by atoms with E-state index in [2.05, 4.69) is 11.8 Å². The average Bonchev–Trinajstić information content (AvgIpc) is 2.45. The summed E-state index contributed by atoms with van der Waals surface area (Å²) in [6.07, 6.45) is 1.13. The largest absolute Gasteiger partial charge is 0.388 e. The van der Waals surface area contributed by atoms with Crippen LogP contribution in [0.1, 0.15) is 38.4 Å². The number of anilines is 1. The van der Waals surface area contributed by atoms with Crippen molar-refractivity contribution in [3.05, 3.63) is 29.8 Å². The third-order valence-corrected chi connectivity index (χ3v) is 3.34. The minimum Gasteiger partial charge on any atom is -0.388 e. The Bertz CT molecular complexity index is 432. The molecule has 0 spiro atoms. The summed E-state index contributed by atoms with van der Waals surface area (Å²) < 4.78 is 0. The van der Waals surface area contributed by atoms with Crippen molar-refractivity contribution in [1.82, 2.24) is 4.90 Å². The fourth-order valence-corrected chi connectivity index (χ4v) is 2.14. The molecule has 1 atom stereocenters. The zero-order chi connectivity index (χ0) is 15.1. The summed E-state index contributed by atoms with van der Waals surface area (Å²) >= 11 is 0. The summed E-state index contributed by atoms with van der Waals surface area (Å²) in [5, 5.41) is 10.1. The molecule has 0 aromatic heterocycles. The van der Waals surface area contributed by atoms with Gasteiger partial charge in [0, 0.05) is 31.9 Å². The molecular weight excluding hydrogens is 252 g/mol. The van der Waals surface area contributed by atoms with Crippen LogP contribution in [0, 0.1) is 0 Å². The third-order valence-electron chi connectivity index (χ3n) is 3.34. The number of aliphatic hydroxyl groups is 1. The van der Waals surface area contributed by atoms with E-state index in [1.807, 2.05) is 31.2 Å². The van der Waals surface area contributed by atoms with Gasteiger partial charge in [0.1, 0.15) is 0 Å². The lowest BCUT2D eigenvalue weighted by atomic mass is 10.0. The minimum atomic E-state index is -0.486. The van der Waals surface area contributed by atoms with Crippen LogP contribution in [0.2, 0.25) is 0 Å². The van der Waals surface area contributed by atoms with Gasteiger partial charge in [-0.2, -0.15) is 0 Å². The Balaban J connectivity index is 3.05. The molecule has 0 aliphatic carbocycles. The van der Waals surface area contributed by atoms with E-state index in [1.54, 1.807) is 19.0 Å². The van der Waals surface area contributed by atoms with Gasteiger partial charge in [0.15, 0.2) is 0 Å². The summed E-state index contributed by atoms with van der Waals surface area (Å²) in [5.74, 6) is 0.0687. The highest BCUT2D eigenvalue weighted by Gasteiger charge is 2.18. The quantitative estimate of drug-likeness (QED) is 0.833. The Morgan fingerprint density at radius 1 is 1.25 bits per heavy atom. The first-order valence-corrected chi connectivity index (χ1v) is 7.23. The highest BCUT2D eigenvalue weighted by Crippen LogP contribution is 2.28. The van der Waals surface area contributed by atoms with E-state index in [0.717, 1.165) is 24.2 Å². The molecule has 1 aromatic rings. The van der Waals surface area contributed by atoms with E-state index in [1.165, 1.54) is 0 Å². The maximum absolute atomic E-state index is 12.0. The molecular formula is C16H26N2O2. The lowest BCUT2D eigenvalue weighted by molar-refractivity contribution is -0.127. The van der Waals surface area contributed by atoms with Gasteiger partial charge in [0.2, 0.25) is 5.91 Å². The summed E-state index contributed by atoms with van der Waals surface area (Å²) in [6, 6.07) is 7.79. The van der Waals surface area contributed by atoms with Crippen LogP contribution >= 0.6 is 0 Å². The van der Waals surface area contributed by atoms with Crippen LogP contribution in [0.15, 0.2) is 24.3 Å². The first-order chi connectivity index (χ1) is 9.51. The number of aliphatic hydroxyl groups excluding tert-OH is 1. The van der Waals surface area contributed by atoms with Crippen molar-refractivity contribution in [2.45, 2.75) is 32.8 Å². The topological polar surface area (TPSA) is 43.8 Å². The number of carbonyl (C=O) groups excluding carboxylic acids is 1. The van der Waals surface area contributed by atoms with Gasteiger partial charge in [-0.15, -0.1) is 0 Å². The molecule has 0 aliphatic rings. The van der Waals surface area contributed by atoms with E-state index in [9.17, 15) is 9.90 Å². The number of hydrogen-bond donors (Lipinski definition) is 1. The average molecular weight is 278 g/mol. The normalized spacial score (nSPS) is 12.1. The molecule has 4 heteroatoms. The molecule has 20 heavy (non-hydrogen) atoms. The van der Waals surface area contributed by atoms with Gasteiger partial charge in [-0.25, -0.2) is 0 Å². The van der Waals surface area contributed by atoms with E-state index >= 15 is 0 Å². The van der Waals surface area contributed by atoms with Gasteiger partial charge >= 0.3 is 0 Å². The van der Waals surface area contributed by atoms with Crippen LogP contribution in [0.4, 0.5) is 5.69 Å². The van der Waals surface area contributed by atoms with Gasteiger partial charge in [-0.1, -0.05) is 32.0 Å². The molecule has 1 N–H and O–H groups in total. The highest BCUT2D eigenvalue weighted by atomic mass is 16.3. The summed E-state index contributed by atoms with van der Waals surface area (Å²) in [7, 11) is 3.53. The Morgan fingerprint density at radius 2 is 1.90 bits per heavy atom. The number of para-hydroxylation sites is 1. The summed E-state index contributed by atoms with van der Waals surface area (Å²) in [4.78, 5) is 15.6. The number of benzene rings is 1. The van der Waals surface area contributed by atoms with Crippen molar-refractivity contribution in [1.29, 1.82) is 0 Å². The minimum absolute atomic E-state index is 0.0687. The molecule has 1 aromatic carbocycles. The van der Waals surface area contributed by atoms with E-state index in [4.69, 9.17) is 0 Å². The number of likely N-dealkylation sites (N-methyl/N-ethyl adjacent to an activating group) is 1. The maximum Gasteiger partial charge on any atom is 0.241 e. The van der Waals surface area contributed by atoms with E-state index in [-0.39, 0.29) is 5.91 Å². The Labute approximate surface area is 122 Å². The molecule has 4 nitrogen and oxygen atoms in total. The molecule has 0 radical (unpaired) electrons. The SMILES string of the molecule is CCCN(CC(=O)N(C)C)c1ccccc1[C@H](O)CC. The van der Waals surface area contributed by atoms with Gasteiger partial charge < -0.3 is 14.9 Å². The Kier molecular flexibility index (Phi) is 6.52. The zero-order valence-corrected chi connectivity index (χ0v) is 13.0. The van der Waals surface area contributed by atoms with Crippen molar-refractivity contribution >= 4 is 11.6 Å². The van der Waals surface area contributed by atoms with Gasteiger partial charge in [-0.05, 0) is 18.9 Å². The van der Waals surface area contributed by atoms with Crippen molar-refractivity contribution < 1.29 is 9.90 Å². The number of carbonyl (C=O) groups is 1. The second kappa shape index (κ2) is 7.90. The van der Waals surface area contributed by atoms with Crippen LogP contribution in [0.3, 0.4) is 0 Å². The van der Waals surface area contributed by atoms with Crippen molar-refractivity contribution in [2.24, 2.45) is 0 Å². The van der Waals surface area contributed by atoms with Crippen molar-refractivity contribution in [3.8, 4) is 0 Å². The molecule has 0 saturated heterocycles. The van der Waals surface area contributed by atoms with Crippen LogP contribution in [-0.4, -0.2) is 43.1 Å². The Hall–Kier alpha value is -1.55. The molecule has 0 fully saturated rings. The standard InChI is InChI=1S/C16H26N2O2/c1-5-11-18(12-16(20)17(3)4)14-10-8-7-9-13(14)15(19)6-2/h7-10,15,19H,5-6,11-12H2,1-4H3/t15-/m1/s1. The number of hydrogen-bond acceptors (Lipinski definition) is 3. The molecule has 1 rings (SSSR count). The van der Waals surface area contributed by atoms with Gasteiger partial charge in [-0.3, -0.25) is 4.79 Å². The van der Waals surface area contributed by atoms with Crippen LogP contribution in [0.25, 0.3) is 0 Å². The predicted molar refractivity (Wildman–Crippen MR) is 82.9 cm³/mol. The fraction of sp³-hybridized carbons (Fsp3) is 0.562. The lowest BCUT2D eigenvalue weighted by Gasteiger charge is -2.28. The van der Waals surface area contributed by atoms with E-state index in [0.29, 0.717) is 13.0 Å². The van der Waals surface area contributed by atoms with Crippen LogP contribution in [-0.2, 0) is 4.79 Å². The second-order valence-electron chi connectivity index (χ2n) is 5.19. The molecule has 1 amide bonds. The third kappa shape index (κ3) is 4.23. The van der Waals surface area contributed by atoms with Crippen LogP contribution < -0.4 is 4.90 Å². The molecule has 0 aliphatic heterocycles. The number of rotatable bonds is 7. The number of amides is 1. The highest BCUT2D eigenvalue weighted by molar-refractivity contribution is 5.81. The van der Waals surface area contributed by atoms with E-state index < -0.39 is 6.10 Å². The Morgan fingerprint density at radius 3 is 2.45 bits per heavy atom. The molecule has 0 unspecified atom stereocenters. The van der Waals surface area contributed by atoms with Gasteiger partial charge in [0.05, 0.1) is 12.6 Å². The second-order valence-corrected chi connectivity index (χ2v) is 5.19. The first-order valence-electron chi connectivity index (χ1n) is 7.23. The predicted octanol–water partition coefficient (Wildman–Crippen LogP) is 2.43. The smallest absolute Gasteiger partial charge is 0.241 e. The summed E-state index contributed by atoms with van der Waals surface area (Å²) in [5.41, 5.74) is 1.86. The molecule has 0 saturated carbocycles. The summed E-state index contributed by atoms with van der Waals surface area (Å²) in [6.45, 7) is 5.18. The molecule has 0 heterocycles. The monoisotopic (exact) mass is 278 g/mol. The van der Waals surface area contributed by atoms with Crippen molar-refractivity contribution in [3.63, 3.8) is 0 Å². The van der Waals surface area contributed by atoms with Crippen molar-refractivity contribution in [2.75, 3.05) is 32.1 Å². The lowest BCUT2D eigenvalue weighted by Crippen LogP contribution is -2.37. The molecule has 112 valence electrons. The van der Waals surface area contributed by atoms with Crippen LogP contribution in [0.5, 0.6) is 0 Å². The maximum atomic E-state index is 12.0. The number of nitrogens with zero attached hydrogens (tertiary/aromatic N) is 2. The fourth-order valence-electron chi connectivity index (χ4n) is 2.14. The first kappa shape index (κ1) is 16.5. The zero-order valence-electron chi connectivity index (χ0n) is 13.0. The van der Waals surface area contributed by atoms with Gasteiger partial charge in [0.25, 0.3) is 0 Å². The molecule has 0 bridgehead atoms.